The third-order valence-corrected chi connectivity index (χ3v) is 2.89. The minimum atomic E-state index is -0.964. The molecule has 1 aliphatic heterocycles. The second-order valence-corrected chi connectivity index (χ2v) is 5.10. The third-order valence-electron chi connectivity index (χ3n) is 2.89. The van der Waals surface area contributed by atoms with E-state index in [4.69, 9.17) is 10.5 Å². The molecule has 2 amide bonds. The zero-order valence-corrected chi connectivity index (χ0v) is 12.4. The van der Waals surface area contributed by atoms with E-state index in [1.54, 1.807) is 39.1 Å². The summed E-state index contributed by atoms with van der Waals surface area (Å²) >= 11 is 0. The number of carbonyl (C=O) groups is 2. The van der Waals surface area contributed by atoms with Crippen LogP contribution >= 0.6 is 12.4 Å². The van der Waals surface area contributed by atoms with Crippen LogP contribution in [0.5, 0.6) is 5.75 Å². The Labute approximate surface area is 123 Å². The molecule has 0 atom stereocenters. The van der Waals surface area contributed by atoms with Gasteiger partial charge in [-0.2, -0.15) is 0 Å². The van der Waals surface area contributed by atoms with Crippen LogP contribution in [0.3, 0.4) is 0 Å². The van der Waals surface area contributed by atoms with Crippen molar-refractivity contribution in [1.82, 2.24) is 0 Å². The minimum Gasteiger partial charge on any atom is -0.482 e. The Balaban J connectivity index is 0.00000200. The number of hydrogen-bond donors (Lipinski definition) is 2. The van der Waals surface area contributed by atoms with E-state index in [1.165, 1.54) is 4.90 Å². The van der Waals surface area contributed by atoms with Gasteiger partial charge in [-0.15, -0.1) is 12.4 Å². The van der Waals surface area contributed by atoms with Crippen LogP contribution in [0.2, 0.25) is 0 Å². The molecule has 0 radical (unpaired) electrons. The molecule has 2 rings (SSSR count). The van der Waals surface area contributed by atoms with E-state index < -0.39 is 5.54 Å². The standard InChI is InChI=1S/C13H17N3O3.ClH/c1-13(2,14)12(18)15-8-4-5-10-9(6-8)16(3)11(17)7-19-10;/h4-6H,7,14H2,1-3H3,(H,15,18);1H. The molecule has 0 saturated heterocycles. The fraction of sp³-hybridized carbons (Fsp3) is 0.385. The second-order valence-electron chi connectivity index (χ2n) is 5.10. The maximum atomic E-state index is 11.8. The first-order chi connectivity index (χ1) is 8.79. The molecule has 1 heterocycles. The zero-order chi connectivity index (χ0) is 14.2. The molecule has 7 heteroatoms. The molecule has 0 bridgehead atoms. The number of nitrogens with two attached hydrogens (primary N) is 1. The number of ether oxygens (including phenoxy) is 1. The van der Waals surface area contributed by atoms with Gasteiger partial charge < -0.3 is 20.7 Å². The Morgan fingerprint density at radius 2 is 2.10 bits per heavy atom. The van der Waals surface area contributed by atoms with Crippen molar-refractivity contribution in [1.29, 1.82) is 0 Å². The number of likely N-dealkylation sites (N-methyl/N-ethyl adjacent to an activating group) is 1. The van der Waals surface area contributed by atoms with Crippen LogP contribution in [0.25, 0.3) is 0 Å². The fourth-order valence-electron chi connectivity index (χ4n) is 1.64. The van der Waals surface area contributed by atoms with Gasteiger partial charge in [0.1, 0.15) is 5.75 Å². The first-order valence-electron chi connectivity index (χ1n) is 5.93. The number of hydrogen-bond acceptors (Lipinski definition) is 4. The summed E-state index contributed by atoms with van der Waals surface area (Å²) in [5.41, 5.74) is 5.95. The molecule has 110 valence electrons. The van der Waals surface area contributed by atoms with Gasteiger partial charge in [-0.05, 0) is 32.0 Å². The van der Waals surface area contributed by atoms with Crippen molar-refractivity contribution in [2.24, 2.45) is 5.73 Å². The van der Waals surface area contributed by atoms with Crippen molar-refractivity contribution in [3.05, 3.63) is 18.2 Å². The molecule has 1 aliphatic rings. The number of carbonyl (C=O) groups excluding carboxylic acids is 2. The Hall–Kier alpha value is -1.79. The zero-order valence-electron chi connectivity index (χ0n) is 11.6. The largest absolute Gasteiger partial charge is 0.482 e. The van der Waals surface area contributed by atoms with Crippen LogP contribution in [0.4, 0.5) is 11.4 Å². The van der Waals surface area contributed by atoms with Gasteiger partial charge >= 0.3 is 0 Å². The van der Waals surface area contributed by atoms with E-state index in [9.17, 15) is 9.59 Å². The number of fused-ring (bicyclic) bond motifs is 1. The molecule has 0 aromatic heterocycles. The van der Waals surface area contributed by atoms with Crippen LogP contribution in [0.1, 0.15) is 13.8 Å². The van der Waals surface area contributed by atoms with Crippen LogP contribution in [-0.2, 0) is 9.59 Å². The first-order valence-corrected chi connectivity index (χ1v) is 5.93. The highest BCUT2D eigenvalue weighted by atomic mass is 35.5. The number of amides is 2. The summed E-state index contributed by atoms with van der Waals surface area (Å²) in [5.74, 6) is 0.195. The van der Waals surface area contributed by atoms with Crippen molar-refractivity contribution in [2.75, 3.05) is 23.9 Å². The van der Waals surface area contributed by atoms with Crippen LogP contribution in [0, 0.1) is 0 Å². The van der Waals surface area contributed by atoms with Crippen molar-refractivity contribution in [2.45, 2.75) is 19.4 Å². The lowest BCUT2D eigenvalue weighted by Crippen LogP contribution is -2.45. The molecule has 0 saturated carbocycles. The Kier molecular flexibility index (Phi) is 4.62. The molecule has 1 aromatic carbocycles. The van der Waals surface area contributed by atoms with Crippen LogP contribution in [0.15, 0.2) is 18.2 Å². The van der Waals surface area contributed by atoms with Crippen molar-refractivity contribution >= 4 is 35.6 Å². The van der Waals surface area contributed by atoms with E-state index in [1.807, 2.05) is 0 Å². The predicted molar refractivity (Wildman–Crippen MR) is 79.5 cm³/mol. The molecule has 0 unspecified atom stereocenters. The van der Waals surface area contributed by atoms with Gasteiger partial charge in [-0.3, -0.25) is 9.59 Å². The summed E-state index contributed by atoms with van der Waals surface area (Å²) in [7, 11) is 1.67. The van der Waals surface area contributed by atoms with Gasteiger partial charge in [0.2, 0.25) is 5.91 Å². The van der Waals surface area contributed by atoms with Crippen molar-refractivity contribution in [3.63, 3.8) is 0 Å². The molecule has 0 spiro atoms. The number of nitrogens with zero attached hydrogens (tertiary/aromatic N) is 1. The van der Waals surface area contributed by atoms with Gasteiger partial charge in [0.25, 0.3) is 5.91 Å². The molecule has 6 nitrogen and oxygen atoms in total. The molecular weight excluding hydrogens is 282 g/mol. The Morgan fingerprint density at radius 1 is 1.45 bits per heavy atom. The molecule has 3 N–H and O–H groups in total. The smallest absolute Gasteiger partial charge is 0.264 e. The van der Waals surface area contributed by atoms with Gasteiger partial charge in [0, 0.05) is 12.7 Å². The highest BCUT2D eigenvalue weighted by Crippen LogP contribution is 2.33. The van der Waals surface area contributed by atoms with Gasteiger partial charge in [-0.1, -0.05) is 0 Å². The lowest BCUT2D eigenvalue weighted by molar-refractivity contribution is -0.121. The topological polar surface area (TPSA) is 84.7 Å². The normalized spacial score (nSPS) is 14.0. The Morgan fingerprint density at radius 3 is 2.70 bits per heavy atom. The summed E-state index contributed by atoms with van der Waals surface area (Å²) in [6.45, 7) is 3.28. The number of benzene rings is 1. The van der Waals surface area contributed by atoms with E-state index in [0.717, 1.165) is 0 Å². The number of rotatable bonds is 2. The number of nitrogens with one attached hydrogen (secondary N) is 1. The first kappa shape index (κ1) is 16.3. The van der Waals surface area contributed by atoms with Gasteiger partial charge in [0.15, 0.2) is 6.61 Å². The fourth-order valence-corrected chi connectivity index (χ4v) is 1.64. The summed E-state index contributed by atoms with van der Waals surface area (Å²) < 4.78 is 5.30. The molecule has 0 aliphatic carbocycles. The summed E-state index contributed by atoms with van der Waals surface area (Å²) in [5, 5.41) is 2.71. The van der Waals surface area contributed by atoms with Crippen molar-refractivity contribution < 1.29 is 14.3 Å². The van der Waals surface area contributed by atoms with Crippen molar-refractivity contribution in [3.8, 4) is 5.75 Å². The minimum absolute atomic E-state index is 0. The Bertz CT molecular complexity index is 540. The van der Waals surface area contributed by atoms with Gasteiger partial charge in [0.05, 0.1) is 11.2 Å². The highest BCUT2D eigenvalue weighted by molar-refractivity contribution is 6.00. The monoisotopic (exact) mass is 299 g/mol. The average molecular weight is 300 g/mol. The van der Waals surface area contributed by atoms with E-state index in [2.05, 4.69) is 5.32 Å². The molecule has 0 fully saturated rings. The number of halogens is 1. The average Bonchev–Trinajstić information content (AvgIpc) is 2.33. The second kappa shape index (κ2) is 5.68. The van der Waals surface area contributed by atoms with E-state index in [-0.39, 0.29) is 30.8 Å². The lowest BCUT2D eigenvalue weighted by atomic mass is 10.1. The quantitative estimate of drug-likeness (QED) is 0.857. The van der Waals surface area contributed by atoms with Gasteiger partial charge in [-0.25, -0.2) is 0 Å². The van der Waals surface area contributed by atoms with E-state index in [0.29, 0.717) is 17.1 Å². The SMILES string of the molecule is CN1C(=O)COc2ccc(NC(=O)C(C)(C)N)cc21.Cl. The molecular formula is C13H18ClN3O3. The summed E-state index contributed by atoms with van der Waals surface area (Å²) in [4.78, 5) is 24.8. The maximum Gasteiger partial charge on any atom is 0.264 e. The van der Waals surface area contributed by atoms with E-state index >= 15 is 0 Å². The van der Waals surface area contributed by atoms with Crippen LogP contribution in [-0.4, -0.2) is 31.0 Å². The lowest BCUT2D eigenvalue weighted by Gasteiger charge is -2.26. The third kappa shape index (κ3) is 3.20. The van der Waals surface area contributed by atoms with Crippen LogP contribution < -0.4 is 20.7 Å². The maximum absolute atomic E-state index is 11.8. The highest BCUT2D eigenvalue weighted by Gasteiger charge is 2.25. The number of anilines is 2. The predicted octanol–water partition coefficient (Wildman–Crippen LogP) is 1.14. The molecule has 1 aromatic rings. The summed E-state index contributed by atoms with van der Waals surface area (Å²) in [6, 6.07) is 5.12. The summed E-state index contributed by atoms with van der Waals surface area (Å²) in [6.07, 6.45) is 0. The molecule has 20 heavy (non-hydrogen) atoms.